The second kappa shape index (κ2) is 21.0. The van der Waals surface area contributed by atoms with Gasteiger partial charge in [-0.3, -0.25) is 0 Å². The summed E-state index contributed by atoms with van der Waals surface area (Å²) < 4.78 is 6.74. The van der Waals surface area contributed by atoms with Gasteiger partial charge in [0.25, 0.3) is 0 Å². The maximum atomic E-state index is 9.13. The van der Waals surface area contributed by atoms with Crippen LogP contribution in [-0.2, 0) is 4.74 Å². The van der Waals surface area contributed by atoms with Crippen LogP contribution in [0.25, 0.3) is 0 Å². The minimum atomic E-state index is 0.269. The second-order valence-electron chi connectivity index (χ2n) is 10.9. The molecule has 5 nitrogen and oxygen atoms in total. The molecule has 0 aromatic heterocycles. The molecular weight excluding hydrogens is 545 g/mol. The van der Waals surface area contributed by atoms with Gasteiger partial charge in [0.05, 0.1) is 38.6 Å². The van der Waals surface area contributed by atoms with Gasteiger partial charge in [0.1, 0.15) is 0 Å². The standard InChI is InChI=1S/C28H54O5S4/c29-13-21-34-17-9-27(10-18-35-22-14-30)5-1-25(2-6-27)33-26-3-7-28(8-4-26,11-19-36-23-15-31)12-20-37-24-16-32/h25-26,29-32H,1-24H2. The third-order valence-corrected chi connectivity index (χ3v) is 12.3. The quantitative estimate of drug-likeness (QED) is 0.124. The van der Waals surface area contributed by atoms with Gasteiger partial charge in [-0.1, -0.05) is 0 Å². The van der Waals surface area contributed by atoms with E-state index in [2.05, 4.69) is 0 Å². The first kappa shape index (κ1) is 34.4. The Morgan fingerprint density at radius 3 is 0.973 bits per heavy atom. The summed E-state index contributed by atoms with van der Waals surface area (Å²) in [6, 6.07) is 0. The van der Waals surface area contributed by atoms with Gasteiger partial charge in [-0.05, 0) is 111 Å². The van der Waals surface area contributed by atoms with E-state index in [1.807, 2.05) is 47.0 Å². The van der Waals surface area contributed by atoms with Crippen molar-refractivity contribution >= 4 is 47.0 Å². The van der Waals surface area contributed by atoms with Gasteiger partial charge in [-0.2, -0.15) is 47.0 Å². The van der Waals surface area contributed by atoms with Crippen molar-refractivity contribution in [2.75, 3.05) is 72.5 Å². The Bertz CT molecular complexity index is 467. The molecule has 0 radical (unpaired) electrons. The summed E-state index contributed by atoms with van der Waals surface area (Å²) in [5, 5.41) is 36.5. The van der Waals surface area contributed by atoms with E-state index in [0.29, 0.717) is 23.0 Å². The molecule has 0 saturated heterocycles. The molecule has 4 N–H and O–H groups in total. The molecule has 0 atom stereocenters. The van der Waals surface area contributed by atoms with Crippen molar-refractivity contribution in [3.63, 3.8) is 0 Å². The van der Waals surface area contributed by atoms with Crippen LogP contribution < -0.4 is 0 Å². The first-order valence-corrected chi connectivity index (χ1v) is 19.1. The number of rotatable bonds is 22. The molecule has 0 bridgehead atoms. The van der Waals surface area contributed by atoms with Crippen molar-refractivity contribution in [3.8, 4) is 0 Å². The number of hydrogen-bond acceptors (Lipinski definition) is 9. The molecule has 2 saturated carbocycles. The topological polar surface area (TPSA) is 90.2 Å². The Hall–Kier alpha value is 1.20. The molecule has 37 heavy (non-hydrogen) atoms. The van der Waals surface area contributed by atoms with Gasteiger partial charge in [0.15, 0.2) is 0 Å². The number of hydrogen-bond donors (Lipinski definition) is 4. The molecule has 2 aliphatic rings. The predicted molar refractivity (Wildman–Crippen MR) is 167 cm³/mol. The van der Waals surface area contributed by atoms with Crippen molar-refractivity contribution in [1.82, 2.24) is 0 Å². The third kappa shape index (κ3) is 14.1. The highest BCUT2D eigenvalue weighted by molar-refractivity contribution is 7.99. The minimum Gasteiger partial charge on any atom is -0.396 e. The van der Waals surface area contributed by atoms with E-state index in [0.717, 1.165) is 46.0 Å². The highest BCUT2D eigenvalue weighted by Crippen LogP contribution is 2.47. The van der Waals surface area contributed by atoms with Crippen molar-refractivity contribution in [3.05, 3.63) is 0 Å². The summed E-state index contributed by atoms with van der Waals surface area (Å²) in [6.45, 7) is 1.08. The lowest BCUT2D eigenvalue weighted by Gasteiger charge is -2.44. The van der Waals surface area contributed by atoms with Crippen LogP contribution in [0.5, 0.6) is 0 Å². The molecular formula is C28H54O5S4. The van der Waals surface area contributed by atoms with E-state index in [4.69, 9.17) is 25.2 Å². The predicted octanol–water partition coefficient (Wildman–Crippen LogP) is 5.32. The Kier molecular flexibility index (Phi) is 19.5. The average Bonchev–Trinajstić information content (AvgIpc) is 2.92. The van der Waals surface area contributed by atoms with Crippen LogP contribution in [0.2, 0.25) is 0 Å². The van der Waals surface area contributed by atoms with Gasteiger partial charge in [-0.25, -0.2) is 0 Å². The van der Waals surface area contributed by atoms with Crippen molar-refractivity contribution in [2.24, 2.45) is 10.8 Å². The number of thioether (sulfide) groups is 4. The minimum absolute atomic E-state index is 0.269. The summed E-state index contributed by atoms with van der Waals surface area (Å²) in [6.07, 6.45) is 15.4. The van der Waals surface area contributed by atoms with Crippen LogP contribution in [0.4, 0.5) is 0 Å². The lowest BCUT2D eigenvalue weighted by Crippen LogP contribution is -2.37. The van der Waals surface area contributed by atoms with Crippen LogP contribution in [0.3, 0.4) is 0 Å². The van der Waals surface area contributed by atoms with Crippen molar-refractivity contribution < 1.29 is 25.2 Å². The number of ether oxygens (including phenoxy) is 1. The summed E-state index contributed by atoms with van der Waals surface area (Å²) in [7, 11) is 0. The van der Waals surface area contributed by atoms with Crippen LogP contribution >= 0.6 is 47.0 Å². The van der Waals surface area contributed by atoms with E-state index < -0.39 is 0 Å². The fourth-order valence-electron chi connectivity index (χ4n) is 6.02. The van der Waals surface area contributed by atoms with Gasteiger partial charge in [0, 0.05) is 23.0 Å². The number of aliphatic hydroxyl groups is 4. The smallest absolute Gasteiger partial charge is 0.0579 e. The zero-order chi connectivity index (χ0) is 26.7. The molecule has 2 aliphatic carbocycles. The molecule has 0 aromatic rings. The van der Waals surface area contributed by atoms with Gasteiger partial charge in [0.2, 0.25) is 0 Å². The first-order chi connectivity index (χ1) is 18.1. The van der Waals surface area contributed by atoms with E-state index in [9.17, 15) is 0 Å². The maximum Gasteiger partial charge on any atom is 0.0579 e. The lowest BCUT2D eigenvalue weighted by molar-refractivity contribution is -0.0774. The maximum absolute atomic E-state index is 9.13. The van der Waals surface area contributed by atoms with Crippen molar-refractivity contribution in [2.45, 2.75) is 89.3 Å². The van der Waals surface area contributed by atoms with Crippen LogP contribution in [0, 0.1) is 10.8 Å². The lowest BCUT2D eigenvalue weighted by atomic mass is 9.69. The molecule has 0 aliphatic heterocycles. The van der Waals surface area contributed by atoms with Crippen LogP contribution in [0.15, 0.2) is 0 Å². The Morgan fingerprint density at radius 2 is 0.730 bits per heavy atom. The monoisotopic (exact) mass is 598 g/mol. The van der Waals surface area contributed by atoms with Gasteiger partial charge in [-0.15, -0.1) is 0 Å². The van der Waals surface area contributed by atoms with E-state index in [-0.39, 0.29) is 26.4 Å². The normalized spacial score (nSPS) is 20.4. The molecule has 220 valence electrons. The zero-order valence-electron chi connectivity index (χ0n) is 23.0. The summed E-state index contributed by atoms with van der Waals surface area (Å²) >= 11 is 7.51. The van der Waals surface area contributed by atoms with Gasteiger partial charge >= 0.3 is 0 Å². The molecule has 0 heterocycles. The highest BCUT2D eigenvalue weighted by atomic mass is 32.2. The van der Waals surface area contributed by atoms with Crippen LogP contribution in [-0.4, -0.2) is 105 Å². The number of aliphatic hydroxyl groups excluding tert-OH is 4. The van der Waals surface area contributed by atoms with Gasteiger partial charge < -0.3 is 25.2 Å². The largest absolute Gasteiger partial charge is 0.396 e. The molecule has 0 spiro atoms. The fraction of sp³-hybridized carbons (Fsp3) is 1.00. The van der Waals surface area contributed by atoms with E-state index >= 15 is 0 Å². The highest BCUT2D eigenvalue weighted by Gasteiger charge is 2.38. The fourth-order valence-corrected chi connectivity index (χ4v) is 9.67. The Balaban J connectivity index is 1.80. The molecule has 0 unspecified atom stereocenters. The van der Waals surface area contributed by atoms with Crippen molar-refractivity contribution in [1.29, 1.82) is 0 Å². The third-order valence-electron chi connectivity index (χ3n) is 8.42. The van der Waals surface area contributed by atoms with Crippen LogP contribution in [0.1, 0.15) is 77.0 Å². The molecule has 2 fully saturated rings. The summed E-state index contributed by atoms with van der Waals surface area (Å²) in [5.74, 6) is 7.89. The Labute approximate surface area is 243 Å². The zero-order valence-corrected chi connectivity index (χ0v) is 26.2. The molecule has 0 aromatic carbocycles. The SMILES string of the molecule is OCCSCCC1(CCSCCO)CCC(OC2CCC(CCSCCO)(CCSCCO)CC2)CC1. The molecule has 9 heteroatoms. The molecule has 2 rings (SSSR count). The Morgan fingerprint density at radius 1 is 0.459 bits per heavy atom. The molecule has 0 amide bonds. The average molecular weight is 599 g/mol. The summed E-state index contributed by atoms with van der Waals surface area (Å²) in [5.41, 5.74) is 0.815. The first-order valence-electron chi connectivity index (χ1n) is 14.5. The summed E-state index contributed by atoms with van der Waals surface area (Å²) in [4.78, 5) is 0. The van der Waals surface area contributed by atoms with E-state index in [1.54, 1.807) is 0 Å². The van der Waals surface area contributed by atoms with E-state index in [1.165, 1.54) is 77.0 Å². The second-order valence-corrected chi connectivity index (χ2v) is 15.8.